The zero-order valence-corrected chi connectivity index (χ0v) is 14.9. The quantitative estimate of drug-likeness (QED) is 0.705. The van der Waals surface area contributed by atoms with Crippen molar-refractivity contribution in [3.8, 4) is 11.5 Å². The number of Topliss-reactive ketones (excluding diaryl/α,β-unsaturated/α-hetero) is 1. The second kappa shape index (κ2) is 8.80. The van der Waals surface area contributed by atoms with Gasteiger partial charge in [-0.3, -0.25) is 19.0 Å². The van der Waals surface area contributed by atoms with Gasteiger partial charge in [0, 0.05) is 30.4 Å². The molecule has 8 nitrogen and oxygen atoms in total. The van der Waals surface area contributed by atoms with Crippen molar-refractivity contribution in [2.75, 3.05) is 20.3 Å². The Bertz CT molecular complexity index is 860. The molecular formula is C18H21N3O5. The van der Waals surface area contributed by atoms with Gasteiger partial charge in [0.05, 0.1) is 13.4 Å². The van der Waals surface area contributed by atoms with Crippen LogP contribution in [0, 0.1) is 6.92 Å². The van der Waals surface area contributed by atoms with Crippen molar-refractivity contribution < 1.29 is 19.1 Å². The van der Waals surface area contributed by atoms with Gasteiger partial charge < -0.3 is 14.8 Å². The highest BCUT2D eigenvalue weighted by Gasteiger charge is 2.10. The Balaban J connectivity index is 1.86. The minimum atomic E-state index is -0.337. The number of ether oxygens (including phenoxy) is 2. The van der Waals surface area contributed by atoms with E-state index in [1.54, 1.807) is 25.1 Å². The maximum Gasteiger partial charge on any atom is 0.258 e. The number of nitrogens with one attached hydrogen (secondary N) is 1. The van der Waals surface area contributed by atoms with Gasteiger partial charge in [0.15, 0.2) is 23.9 Å². The molecule has 0 radical (unpaired) electrons. The number of carbonyl (C=O) groups is 2. The van der Waals surface area contributed by atoms with Crippen LogP contribution in [0.25, 0.3) is 0 Å². The van der Waals surface area contributed by atoms with Gasteiger partial charge in [-0.05, 0) is 32.0 Å². The predicted molar refractivity (Wildman–Crippen MR) is 94.7 cm³/mol. The normalized spacial score (nSPS) is 10.3. The van der Waals surface area contributed by atoms with Crippen LogP contribution in [-0.2, 0) is 11.3 Å². The molecule has 26 heavy (non-hydrogen) atoms. The lowest BCUT2D eigenvalue weighted by Gasteiger charge is -2.12. The number of aromatic nitrogens is 2. The van der Waals surface area contributed by atoms with Crippen molar-refractivity contribution in [3.63, 3.8) is 0 Å². The van der Waals surface area contributed by atoms with Crippen LogP contribution in [0.4, 0.5) is 0 Å². The second-order valence-corrected chi connectivity index (χ2v) is 5.64. The number of amides is 1. The van der Waals surface area contributed by atoms with E-state index in [2.05, 4.69) is 10.3 Å². The monoisotopic (exact) mass is 359 g/mol. The van der Waals surface area contributed by atoms with Crippen LogP contribution in [0.3, 0.4) is 0 Å². The fourth-order valence-corrected chi connectivity index (χ4v) is 2.23. The highest BCUT2D eigenvalue weighted by molar-refractivity contribution is 5.94. The van der Waals surface area contributed by atoms with Gasteiger partial charge in [-0.25, -0.2) is 4.98 Å². The summed E-state index contributed by atoms with van der Waals surface area (Å²) in [5.41, 5.74) is 0.903. The molecule has 2 rings (SSSR count). The van der Waals surface area contributed by atoms with Crippen LogP contribution in [0.15, 0.2) is 35.5 Å². The van der Waals surface area contributed by atoms with Gasteiger partial charge in [-0.1, -0.05) is 0 Å². The van der Waals surface area contributed by atoms with Crippen molar-refractivity contribution in [3.05, 3.63) is 52.2 Å². The molecule has 0 fully saturated rings. The van der Waals surface area contributed by atoms with E-state index < -0.39 is 0 Å². The van der Waals surface area contributed by atoms with Crippen LogP contribution in [0.5, 0.6) is 11.5 Å². The minimum Gasteiger partial charge on any atom is -0.493 e. The molecule has 0 saturated carbocycles. The summed E-state index contributed by atoms with van der Waals surface area (Å²) < 4.78 is 12.0. The van der Waals surface area contributed by atoms with Crippen molar-refractivity contribution in [1.82, 2.24) is 14.9 Å². The van der Waals surface area contributed by atoms with Crippen LogP contribution in [0.2, 0.25) is 0 Å². The van der Waals surface area contributed by atoms with E-state index in [1.165, 1.54) is 31.1 Å². The number of benzene rings is 1. The minimum absolute atomic E-state index is 0.0894. The first-order chi connectivity index (χ1) is 12.4. The summed E-state index contributed by atoms with van der Waals surface area (Å²) in [6.45, 7) is 3.51. The topological polar surface area (TPSA) is 99.5 Å². The molecule has 0 aliphatic carbocycles. The molecule has 0 aliphatic rings. The number of aryl methyl sites for hydroxylation is 1. The van der Waals surface area contributed by atoms with E-state index in [0.29, 0.717) is 29.2 Å². The molecule has 1 N–H and O–H groups in total. The molecule has 1 aromatic carbocycles. The number of carbonyl (C=O) groups excluding carboxylic acids is 2. The summed E-state index contributed by atoms with van der Waals surface area (Å²) in [5, 5.41) is 2.67. The third-order valence-corrected chi connectivity index (χ3v) is 3.68. The Hall–Kier alpha value is -3.16. The molecule has 0 bridgehead atoms. The van der Waals surface area contributed by atoms with Crippen LogP contribution in [-0.4, -0.2) is 41.5 Å². The Morgan fingerprint density at radius 3 is 2.73 bits per heavy atom. The molecule has 0 unspecified atom stereocenters. The van der Waals surface area contributed by atoms with E-state index >= 15 is 0 Å². The third kappa shape index (κ3) is 4.92. The Morgan fingerprint density at radius 2 is 2.04 bits per heavy atom. The lowest BCUT2D eigenvalue weighted by atomic mass is 10.1. The standard InChI is InChI=1S/C18H21N3O5/c1-12-9-19-11-21(18(12)24)7-6-20-17(23)10-26-15-5-4-14(13(2)22)8-16(15)25-3/h4-5,8-9,11H,6-7,10H2,1-3H3,(H,20,23). The zero-order valence-electron chi connectivity index (χ0n) is 14.9. The summed E-state index contributed by atoms with van der Waals surface area (Å²) in [6.07, 6.45) is 2.93. The van der Waals surface area contributed by atoms with E-state index in [9.17, 15) is 14.4 Å². The molecule has 1 aromatic heterocycles. The fraction of sp³-hybridized carbons (Fsp3) is 0.333. The Morgan fingerprint density at radius 1 is 1.27 bits per heavy atom. The first kappa shape index (κ1) is 19.2. The fourth-order valence-electron chi connectivity index (χ4n) is 2.23. The lowest BCUT2D eigenvalue weighted by molar-refractivity contribution is -0.123. The van der Waals surface area contributed by atoms with Gasteiger partial charge in [0.1, 0.15) is 0 Å². The first-order valence-corrected chi connectivity index (χ1v) is 8.02. The molecular weight excluding hydrogens is 338 g/mol. The Labute approximate surface area is 150 Å². The molecule has 2 aromatic rings. The second-order valence-electron chi connectivity index (χ2n) is 5.64. The van der Waals surface area contributed by atoms with Crippen molar-refractivity contribution in [2.24, 2.45) is 0 Å². The number of hydrogen-bond acceptors (Lipinski definition) is 6. The van der Waals surface area contributed by atoms with Gasteiger partial charge in [-0.2, -0.15) is 0 Å². The molecule has 138 valence electrons. The maximum absolute atomic E-state index is 11.9. The molecule has 0 spiro atoms. The molecule has 0 aliphatic heterocycles. The molecule has 1 heterocycles. The molecule has 0 saturated heterocycles. The first-order valence-electron chi connectivity index (χ1n) is 8.02. The van der Waals surface area contributed by atoms with Crippen molar-refractivity contribution in [2.45, 2.75) is 20.4 Å². The van der Waals surface area contributed by atoms with Crippen LogP contribution < -0.4 is 20.3 Å². The largest absolute Gasteiger partial charge is 0.493 e. The number of ketones is 1. The number of rotatable bonds is 8. The highest BCUT2D eigenvalue weighted by Crippen LogP contribution is 2.28. The maximum atomic E-state index is 11.9. The summed E-state index contributed by atoms with van der Waals surface area (Å²) in [4.78, 5) is 39.1. The van der Waals surface area contributed by atoms with E-state index in [0.717, 1.165) is 0 Å². The smallest absolute Gasteiger partial charge is 0.258 e. The van der Waals surface area contributed by atoms with E-state index in [4.69, 9.17) is 9.47 Å². The Kier molecular flexibility index (Phi) is 6.48. The summed E-state index contributed by atoms with van der Waals surface area (Å²) in [5.74, 6) is 0.319. The summed E-state index contributed by atoms with van der Waals surface area (Å²) >= 11 is 0. The van der Waals surface area contributed by atoms with Gasteiger partial charge in [0.25, 0.3) is 11.5 Å². The summed E-state index contributed by atoms with van der Waals surface area (Å²) in [6, 6.07) is 4.75. The van der Waals surface area contributed by atoms with Crippen LogP contribution >= 0.6 is 0 Å². The molecule has 0 atom stereocenters. The van der Waals surface area contributed by atoms with Crippen molar-refractivity contribution in [1.29, 1.82) is 0 Å². The lowest BCUT2D eigenvalue weighted by Crippen LogP contribution is -2.34. The van der Waals surface area contributed by atoms with Crippen LogP contribution in [0.1, 0.15) is 22.8 Å². The average Bonchev–Trinajstić information content (AvgIpc) is 2.63. The third-order valence-electron chi connectivity index (χ3n) is 3.68. The van der Waals surface area contributed by atoms with E-state index in [1.807, 2.05) is 0 Å². The number of hydrogen-bond donors (Lipinski definition) is 1. The van der Waals surface area contributed by atoms with Gasteiger partial charge in [-0.15, -0.1) is 0 Å². The van der Waals surface area contributed by atoms with Gasteiger partial charge in [0.2, 0.25) is 0 Å². The summed E-state index contributed by atoms with van der Waals surface area (Å²) in [7, 11) is 1.46. The zero-order chi connectivity index (χ0) is 19.1. The highest BCUT2D eigenvalue weighted by atomic mass is 16.5. The van der Waals surface area contributed by atoms with E-state index in [-0.39, 0.29) is 30.4 Å². The SMILES string of the molecule is COc1cc(C(C)=O)ccc1OCC(=O)NCCn1cncc(C)c1=O. The van der Waals surface area contributed by atoms with Gasteiger partial charge >= 0.3 is 0 Å². The number of methoxy groups -OCH3 is 1. The molecule has 1 amide bonds. The molecule has 8 heteroatoms. The number of nitrogens with zero attached hydrogens (tertiary/aromatic N) is 2. The van der Waals surface area contributed by atoms with Crippen molar-refractivity contribution >= 4 is 11.7 Å². The predicted octanol–water partition coefficient (Wildman–Crippen LogP) is 0.958. The average molecular weight is 359 g/mol.